The molecular weight excluding hydrogens is 505 g/mol. The molecule has 6 rings (SSSR count). The molecule has 208 valence electrons. The molecule has 4 heterocycles. The highest BCUT2D eigenvalue weighted by Gasteiger charge is 2.41. The van der Waals surface area contributed by atoms with Crippen LogP contribution in [-0.4, -0.2) is 65.2 Å². The number of nitrogens with zero attached hydrogens (tertiary/aromatic N) is 6. The quantitative estimate of drug-likeness (QED) is 0.474. The van der Waals surface area contributed by atoms with E-state index in [0.29, 0.717) is 25.6 Å². The van der Waals surface area contributed by atoms with Crippen LogP contribution in [0.5, 0.6) is 0 Å². The third-order valence-electron chi connectivity index (χ3n) is 8.40. The fourth-order valence-electron chi connectivity index (χ4n) is 6.55. The SMILES string of the molecule is C=N/C(=C1/C(C(F)(F)F)=CC=CC1C)N1CCCCC1c1cc2nc3c(c(N4CCOCC4)n2n1)CCCC3. The standard InChI is InChI=1S/C29H35F3N6O/c1-19-8-7-10-21(29(30,31)32)26(19)27(33-2)37-13-6-5-12-24(37)23-18-25-34-22-11-4-3-9-20(22)28(38(25)35-23)36-14-16-39-17-15-36/h7-8,10,18-19,24H,2-6,9,11-17H2,1H3/b27-26-. The normalized spacial score (nSPS) is 25.5. The fourth-order valence-corrected chi connectivity index (χ4v) is 6.55. The lowest BCUT2D eigenvalue weighted by atomic mass is 9.87. The second-order valence-electron chi connectivity index (χ2n) is 10.9. The number of aromatic nitrogens is 3. The van der Waals surface area contributed by atoms with Crippen LogP contribution in [0, 0.1) is 5.92 Å². The highest BCUT2D eigenvalue weighted by molar-refractivity contribution is 5.59. The van der Waals surface area contributed by atoms with Crippen molar-refractivity contribution in [3.05, 3.63) is 58.2 Å². The number of allylic oxidation sites excluding steroid dienone is 5. The Bertz CT molecular complexity index is 1350. The topological polar surface area (TPSA) is 58.3 Å². The number of rotatable bonds is 4. The smallest absolute Gasteiger partial charge is 0.378 e. The van der Waals surface area contributed by atoms with Crippen LogP contribution in [0.2, 0.25) is 0 Å². The van der Waals surface area contributed by atoms with E-state index in [9.17, 15) is 13.2 Å². The molecular formula is C29H35F3N6O. The van der Waals surface area contributed by atoms with Crippen molar-refractivity contribution >= 4 is 18.2 Å². The van der Waals surface area contributed by atoms with Crippen LogP contribution in [0.15, 0.2) is 46.3 Å². The summed E-state index contributed by atoms with van der Waals surface area (Å²) in [6.07, 6.45) is 6.73. The lowest BCUT2D eigenvalue weighted by Crippen LogP contribution is -2.38. The molecule has 0 bridgehead atoms. The molecule has 0 N–H and O–H groups in total. The number of aliphatic imine (C=N–C) groups is 1. The lowest BCUT2D eigenvalue weighted by Gasteiger charge is -2.39. The number of halogens is 3. The first-order chi connectivity index (χ1) is 18.9. The van der Waals surface area contributed by atoms with Crippen LogP contribution in [0.1, 0.15) is 62.0 Å². The molecule has 2 saturated heterocycles. The summed E-state index contributed by atoms with van der Waals surface area (Å²) in [6, 6.07) is 1.81. The summed E-state index contributed by atoms with van der Waals surface area (Å²) in [5.74, 6) is 0.968. The van der Waals surface area contributed by atoms with Crippen LogP contribution >= 0.6 is 0 Å². The van der Waals surface area contributed by atoms with Crippen LogP contribution in [0.4, 0.5) is 19.0 Å². The first kappa shape index (κ1) is 26.1. The molecule has 2 atom stereocenters. The third kappa shape index (κ3) is 4.77. The number of morpholine rings is 1. The molecule has 10 heteroatoms. The van der Waals surface area contributed by atoms with Crippen molar-refractivity contribution in [2.24, 2.45) is 10.9 Å². The van der Waals surface area contributed by atoms with Gasteiger partial charge >= 0.3 is 6.18 Å². The fraction of sp³-hybridized carbons (Fsp3) is 0.552. The molecule has 2 aliphatic carbocycles. The predicted octanol–water partition coefficient (Wildman–Crippen LogP) is 5.58. The molecule has 0 saturated carbocycles. The van der Waals surface area contributed by atoms with E-state index in [1.54, 1.807) is 13.0 Å². The Labute approximate surface area is 226 Å². The Morgan fingerprint density at radius 2 is 1.90 bits per heavy atom. The average molecular weight is 541 g/mol. The average Bonchev–Trinajstić information content (AvgIpc) is 3.36. The van der Waals surface area contributed by atoms with Crippen molar-refractivity contribution < 1.29 is 17.9 Å². The molecule has 2 aliphatic heterocycles. The minimum absolute atomic E-state index is 0.179. The van der Waals surface area contributed by atoms with Crippen molar-refractivity contribution in [1.82, 2.24) is 19.5 Å². The molecule has 4 aliphatic rings. The van der Waals surface area contributed by atoms with E-state index in [4.69, 9.17) is 14.8 Å². The van der Waals surface area contributed by atoms with Gasteiger partial charge in [-0.25, -0.2) is 9.98 Å². The number of aryl methyl sites for hydroxylation is 1. The van der Waals surface area contributed by atoms with Gasteiger partial charge < -0.3 is 14.5 Å². The summed E-state index contributed by atoms with van der Waals surface area (Å²) < 4.78 is 49.9. The maximum absolute atomic E-state index is 14.1. The lowest BCUT2D eigenvalue weighted by molar-refractivity contribution is -0.0903. The molecule has 0 spiro atoms. The van der Waals surface area contributed by atoms with E-state index in [1.165, 1.54) is 11.6 Å². The Morgan fingerprint density at radius 1 is 1.10 bits per heavy atom. The second-order valence-corrected chi connectivity index (χ2v) is 10.9. The molecule has 0 amide bonds. The molecule has 0 radical (unpaired) electrons. The number of ether oxygens (including phenoxy) is 1. The van der Waals surface area contributed by atoms with E-state index in [1.807, 2.05) is 15.5 Å². The maximum Gasteiger partial charge on any atom is 0.416 e. The van der Waals surface area contributed by atoms with Gasteiger partial charge in [0.15, 0.2) is 5.65 Å². The molecule has 2 unspecified atom stereocenters. The minimum atomic E-state index is -4.48. The summed E-state index contributed by atoms with van der Waals surface area (Å²) in [5, 5.41) is 5.11. The Kier molecular flexibility index (Phi) is 6.99. The molecule has 2 aromatic heterocycles. The van der Waals surface area contributed by atoms with Gasteiger partial charge in [0.2, 0.25) is 0 Å². The predicted molar refractivity (Wildman–Crippen MR) is 145 cm³/mol. The molecule has 2 aromatic rings. The number of hydrogen-bond acceptors (Lipinski definition) is 6. The summed E-state index contributed by atoms with van der Waals surface area (Å²) in [7, 11) is 0. The molecule has 7 nitrogen and oxygen atoms in total. The van der Waals surface area contributed by atoms with Crippen molar-refractivity contribution in [3.63, 3.8) is 0 Å². The number of alkyl halides is 3. The van der Waals surface area contributed by atoms with Crippen molar-refractivity contribution in [3.8, 4) is 0 Å². The van der Waals surface area contributed by atoms with Crippen LogP contribution in [0.25, 0.3) is 5.65 Å². The van der Waals surface area contributed by atoms with Gasteiger partial charge in [-0.2, -0.15) is 22.8 Å². The number of piperidine rings is 1. The van der Waals surface area contributed by atoms with Gasteiger partial charge in [-0.15, -0.1) is 0 Å². The zero-order chi connectivity index (χ0) is 27.1. The maximum atomic E-state index is 14.1. The van der Waals surface area contributed by atoms with Crippen LogP contribution < -0.4 is 4.90 Å². The van der Waals surface area contributed by atoms with Gasteiger partial charge in [-0.1, -0.05) is 19.1 Å². The highest BCUT2D eigenvalue weighted by Crippen LogP contribution is 2.43. The van der Waals surface area contributed by atoms with E-state index in [2.05, 4.69) is 16.6 Å². The number of hydrogen-bond donors (Lipinski definition) is 0. The van der Waals surface area contributed by atoms with Gasteiger partial charge in [-0.3, -0.25) is 0 Å². The van der Waals surface area contributed by atoms with Gasteiger partial charge in [0.1, 0.15) is 11.6 Å². The number of likely N-dealkylation sites (tertiary alicyclic amines) is 1. The summed E-state index contributed by atoms with van der Waals surface area (Å²) in [6.45, 7) is 9.05. The molecule has 39 heavy (non-hydrogen) atoms. The van der Waals surface area contributed by atoms with E-state index >= 15 is 0 Å². The van der Waals surface area contributed by atoms with E-state index in [0.717, 1.165) is 87.0 Å². The number of fused-ring (bicyclic) bond motifs is 2. The van der Waals surface area contributed by atoms with E-state index in [-0.39, 0.29) is 11.6 Å². The Morgan fingerprint density at radius 3 is 2.67 bits per heavy atom. The molecule has 2 fully saturated rings. The van der Waals surface area contributed by atoms with Gasteiger partial charge in [0, 0.05) is 48.4 Å². The van der Waals surface area contributed by atoms with E-state index < -0.39 is 17.7 Å². The highest BCUT2D eigenvalue weighted by atomic mass is 19.4. The van der Waals surface area contributed by atoms with Crippen molar-refractivity contribution in [2.75, 3.05) is 37.7 Å². The largest absolute Gasteiger partial charge is 0.416 e. The first-order valence-electron chi connectivity index (χ1n) is 14.0. The first-order valence-corrected chi connectivity index (χ1v) is 14.0. The molecule has 0 aromatic carbocycles. The van der Waals surface area contributed by atoms with Crippen LogP contribution in [-0.2, 0) is 17.6 Å². The zero-order valence-corrected chi connectivity index (χ0v) is 22.4. The Hall–Kier alpha value is -3.14. The number of anilines is 1. The van der Waals surface area contributed by atoms with Gasteiger partial charge in [0.05, 0.1) is 30.5 Å². The van der Waals surface area contributed by atoms with Gasteiger partial charge in [-0.05, 0) is 57.7 Å². The van der Waals surface area contributed by atoms with Crippen LogP contribution in [0.3, 0.4) is 0 Å². The summed E-state index contributed by atoms with van der Waals surface area (Å²) >= 11 is 0. The second kappa shape index (κ2) is 10.4. The monoisotopic (exact) mass is 540 g/mol. The summed E-state index contributed by atoms with van der Waals surface area (Å²) in [5.41, 5.74) is 3.55. The van der Waals surface area contributed by atoms with Crippen molar-refractivity contribution in [2.45, 2.75) is 64.1 Å². The Balaban J connectivity index is 1.47. The van der Waals surface area contributed by atoms with Crippen molar-refractivity contribution in [1.29, 1.82) is 0 Å². The van der Waals surface area contributed by atoms with Gasteiger partial charge in [0.25, 0.3) is 0 Å². The summed E-state index contributed by atoms with van der Waals surface area (Å²) in [4.78, 5) is 13.6. The minimum Gasteiger partial charge on any atom is -0.378 e. The zero-order valence-electron chi connectivity index (χ0n) is 22.4. The third-order valence-corrected chi connectivity index (χ3v) is 8.40.